The van der Waals surface area contributed by atoms with Gasteiger partial charge in [0.1, 0.15) is 11.5 Å². The Balaban J connectivity index is 1.28. The molecule has 304 valence electrons. The van der Waals surface area contributed by atoms with Gasteiger partial charge in [-0.05, 0) is 87.8 Å². The van der Waals surface area contributed by atoms with Crippen LogP contribution in [-0.2, 0) is 28.7 Å². The zero-order valence-electron chi connectivity index (χ0n) is 33.4. The normalized spacial score (nSPS) is 19.4. The van der Waals surface area contributed by atoms with Crippen LogP contribution in [0.5, 0.6) is 11.5 Å². The third-order valence-electron chi connectivity index (χ3n) is 9.66. The highest BCUT2D eigenvalue weighted by Gasteiger charge is 2.42. The fraction of sp³-hybridized carbons (Fsp3) is 0.318. The summed E-state index contributed by atoms with van der Waals surface area (Å²) in [7, 11) is 10.8. The van der Waals surface area contributed by atoms with E-state index in [0.29, 0.717) is 37.7 Å². The van der Waals surface area contributed by atoms with Crippen molar-refractivity contribution in [2.75, 3.05) is 78.4 Å². The van der Waals surface area contributed by atoms with Crippen molar-refractivity contribution in [2.45, 2.75) is 32.5 Å². The number of fused-ring (bicyclic) bond motifs is 2. The third-order valence-corrected chi connectivity index (χ3v) is 12.4. The van der Waals surface area contributed by atoms with Crippen LogP contribution in [0.15, 0.2) is 119 Å². The molecule has 0 N–H and O–H groups in total. The first-order valence-electron chi connectivity index (χ1n) is 18.8. The van der Waals surface area contributed by atoms with Crippen LogP contribution < -0.4 is 19.3 Å². The number of esters is 2. The van der Waals surface area contributed by atoms with Crippen LogP contribution in [-0.4, -0.2) is 114 Å². The van der Waals surface area contributed by atoms with E-state index in [4.69, 9.17) is 18.9 Å². The number of benzene rings is 4. The van der Waals surface area contributed by atoms with E-state index in [2.05, 4.69) is 0 Å². The molecule has 0 radical (unpaired) electrons. The molecule has 14 heteroatoms. The van der Waals surface area contributed by atoms with Crippen LogP contribution >= 0.6 is 23.5 Å². The molecule has 6 rings (SSSR count). The number of likely N-dealkylation sites (N-methyl/N-ethyl adjacent to an activating group) is 2. The molecule has 0 fully saturated rings. The number of ether oxygens (including phenoxy) is 4. The van der Waals surface area contributed by atoms with E-state index >= 15 is 0 Å². The van der Waals surface area contributed by atoms with Crippen LogP contribution in [0.4, 0.5) is 11.4 Å². The molecule has 2 aliphatic rings. The number of hydrogen-bond acceptors (Lipinski definition) is 12. The van der Waals surface area contributed by atoms with Crippen LogP contribution in [0.2, 0.25) is 0 Å². The van der Waals surface area contributed by atoms with Gasteiger partial charge in [-0.2, -0.15) is 0 Å². The molecule has 2 unspecified atom stereocenters. The van der Waals surface area contributed by atoms with Crippen molar-refractivity contribution in [3.8, 4) is 11.5 Å². The lowest BCUT2D eigenvalue weighted by atomic mass is 10.1. The van der Waals surface area contributed by atoms with Gasteiger partial charge in [-0.1, -0.05) is 48.5 Å². The van der Waals surface area contributed by atoms with Gasteiger partial charge in [0.15, 0.2) is 12.2 Å². The number of methoxy groups -OCH3 is 2. The number of anilines is 2. The van der Waals surface area contributed by atoms with Gasteiger partial charge in [0, 0.05) is 48.1 Å². The molecule has 4 aromatic rings. The van der Waals surface area contributed by atoms with Crippen molar-refractivity contribution < 1.29 is 38.1 Å². The molecule has 0 bridgehead atoms. The first kappa shape index (κ1) is 42.3. The Labute approximate surface area is 348 Å². The Morgan fingerprint density at radius 2 is 0.948 bits per heavy atom. The first-order chi connectivity index (χ1) is 28.0. The van der Waals surface area contributed by atoms with E-state index in [-0.39, 0.29) is 0 Å². The monoisotopic (exact) mass is 824 g/mol. The van der Waals surface area contributed by atoms with E-state index in [1.165, 1.54) is 23.5 Å². The molecule has 4 atom stereocenters. The van der Waals surface area contributed by atoms with Gasteiger partial charge in [0.2, 0.25) is 0 Å². The maximum Gasteiger partial charge on any atom is 0.331 e. The van der Waals surface area contributed by atoms with Crippen molar-refractivity contribution in [2.24, 2.45) is 0 Å². The topological polar surface area (TPSA) is 118 Å². The maximum absolute atomic E-state index is 14.5. The number of carbonyl (C=O) groups excluding carboxylic acids is 4. The van der Waals surface area contributed by atoms with E-state index in [1.807, 2.05) is 111 Å². The Morgan fingerprint density at radius 1 is 0.586 bits per heavy atom. The summed E-state index contributed by atoms with van der Waals surface area (Å²) >= 11 is 2.84. The second-order valence-corrected chi connectivity index (χ2v) is 16.6. The minimum Gasteiger partial charge on any atom is -0.497 e. The van der Waals surface area contributed by atoms with Crippen molar-refractivity contribution >= 4 is 58.7 Å². The zero-order valence-corrected chi connectivity index (χ0v) is 35.0. The summed E-state index contributed by atoms with van der Waals surface area (Å²) in [5.41, 5.74) is 2.93. The second kappa shape index (κ2) is 19.4. The highest BCUT2D eigenvalue weighted by molar-refractivity contribution is 8.00. The SMILES string of the molecule is COc1ccc(C2Sc3ccccc3N(CCN(C)C)C(=O)C2OC(=O)C=CC(=O)O[C@@H]2C(=O)N(CCN(C)C)c3ccccc3S[C@@H]2c2ccc(OC)cc2)cc1. The van der Waals surface area contributed by atoms with E-state index in [1.54, 1.807) is 48.3 Å². The van der Waals surface area contributed by atoms with Crippen LogP contribution in [0.25, 0.3) is 0 Å². The number of hydrogen-bond donors (Lipinski definition) is 0. The van der Waals surface area contributed by atoms with Gasteiger partial charge in [0.05, 0.1) is 36.1 Å². The molecular formula is C44H48N4O8S2. The summed E-state index contributed by atoms with van der Waals surface area (Å²) in [4.78, 5) is 65.3. The van der Waals surface area contributed by atoms with Crippen LogP contribution in [0, 0.1) is 0 Å². The Bertz CT molecular complexity index is 1960. The minimum atomic E-state index is -1.26. The molecule has 4 aromatic carbocycles. The summed E-state index contributed by atoms with van der Waals surface area (Å²) in [5, 5.41) is -1.26. The van der Waals surface area contributed by atoms with Gasteiger partial charge in [-0.15, -0.1) is 23.5 Å². The largest absolute Gasteiger partial charge is 0.497 e. The van der Waals surface area contributed by atoms with Gasteiger partial charge < -0.3 is 38.5 Å². The van der Waals surface area contributed by atoms with Crippen molar-refractivity contribution in [1.29, 1.82) is 0 Å². The smallest absolute Gasteiger partial charge is 0.331 e. The highest BCUT2D eigenvalue weighted by atomic mass is 32.2. The quantitative estimate of drug-likeness (QED) is 0.105. The van der Waals surface area contributed by atoms with Crippen LogP contribution in [0.3, 0.4) is 0 Å². The third kappa shape index (κ3) is 10.0. The molecular weight excluding hydrogens is 777 g/mol. The van der Waals surface area contributed by atoms with Crippen molar-refractivity contribution in [1.82, 2.24) is 9.80 Å². The Kier molecular flexibility index (Phi) is 14.2. The van der Waals surface area contributed by atoms with Gasteiger partial charge in [0.25, 0.3) is 11.8 Å². The maximum atomic E-state index is 14.5. The fourth-order valence-electron chi connectivity index (χ4n) is 6.58. The number of nitrogens with zero attached hydrogens (tertiary/aromatic N) is 4. The van der Waals surface area contributed by atoms with Crippen LogP contribution in [0.1, 0.15) is 21.6 Å². The molecule has 58 heavy (non-hydrogen) atoms. The molecule has 0 saturated carbocycles. The predicted molar refractivity (Wildman–Crippen MR) is 227 cm³/mol. The number of amides is 2. The average Bonchev–Trinajstić information content (AvgIpc) is 3.41. The summed E-state index contributed by atoms with van der Waals surface area (Å²) in [5.74, 6) is -1.35. The van der Waals surface area contributed by atoms with E-state index < -0.39 is 46.5 Å². The summed E-state index contributed by atoms with van der Waals surface area (Å²) in [6.07, 6.45) is -0.626. The molecule has 2 heterocycles. The Morgan fingerprint density at radius 3 is 1.29 bits per heavy atom. The van der Waals surface area contributed by atoms with Crippen molar-refractivity contribution in [3.05, 3.63) is 120 Å². The fourth-order valence-corrected chi connectivity index (χ4v) is 9.22. The standard InChI is InChI=1S/C44H48N4O8S2/c1-45(2)25-27-47-33-11-7-9-13-35(33)57-41(29-15-19-31(53-5)20-16-29)39(43(47)51)55-37(49)23-24-38(50)56-40-42(30-17-21-32(54-6)22-18-30)58-36-14-10-8-12-34(36)48(44(40)52)28-26-46(3)4/h7-24,39-42H,25-28H2,1-6H3/t39-,40?,41+,42?/m0/s1. The molecule has 0 aliphatic carbocycles. The minimum absolute atomic E-state index is 0.354. The highest BCUT2D eigenvalue weighted by Crippen LogP contribution is 2.48. The number of rotatable bonds is 14. The summed E-state index contributed by atoms with van der Waals surface area (Å²) in [6, 6.07) is 29.8. The zero-order chi connectivity index (χ0) is 41.3. The molecule has 0 aromatic heterocycles. The van der Waals surface area contributed by atoms with Gasteiger partial charge >= 0.3 is 11.9 Å². The summed E-state index contributed by atoms with van der Waals surface area (Å²) in [6.45, 7) is 1.84. The lowest BCUT2D eigenvalue weighted by Crippen LogP contribution is -2.45. The van der Waals surface area contributed by atoms with Gasteiger partial charge in [-0.25, -0.2) is 9.59 Å². The van der Waals surface area contributed by atoms with Gasteiger partial charge in [-0.3, -0.25) is 9.59 Å². The number of carbonyl (C=O) groups is 4. The van der Waals surface area contributed by atoms with E-state index in [0.717, 1.165) is 44.4 Å². The second-order valence-electron chi connectivity index (χ2n) is 14.2. The molecule has 12 nitrogen and oxygen atoms in total. The molecule has 0 saturated heterocycles. The van der Waals surface area contributed by atoms with Crippen molar-refractivity contribution in [3.63, 3.8) is 0 Å². The first-order valence-corrected chi connectivity index (χ1v) is 20.5. The number of thioether (sulfide) groups is 2. The lowest BCUT2D eigenvalue weighted by molar-refractivity contribution is -0.152. The van der Waals surface area contributed by atoms with E-state index in [9.17, 15) is 19.2 Å². The Hall–Kier alpha value is -5.28. The molecule has 2 amide bonds. The molecule has 0 spiro atoms. The lowest BCUT2D eigenvalue weighted by Gasteiger charge is -2.28. The predicted octanol–water partition coefficient (Wildman–Crippen LogP) is 6.27. The molecule has 2 aliphatic heterocycles. The average molecular weight is 825 g/mol. The summed E-state index contributed by atoms with van der Waals surface area (Å²) < 4.78 is 22.7. The number of para-hydroxylation sites is 2.